The Kier molecular flexibility index (Phi) is 3.55. The highest BCUT2D eigenvalue weighted by Crippen LogP contribution is 2.48. The second kappa shape index (κ2) is 5.43. The first-order valence-corrected chi connectivity index (χ1v) is 8.97. The van der Waals surface area contributed by atoms with E-state index in [9.17, 15) is 4.79 Å². The maximum absolute atomic E-state index is 15.5. The van der Waals surface area contributed by atoms with Crippen molar-refractivity contribution in [3.63, 3.8) is 0 Å². The Balaban J connectivity index is 2.01. The van der Waals surface area contributed by atoms with E-state index in [4.69, 9.17) is 0 Å². The molecule has 0 bridgehead atoms. The van der Waals surface area contributed by atoms with Crippen LogP contribution in [0.15, 0.2) is 58.8 Å². The lowest BCUT2D eigenvalue weighted by atomic mass is 9.80. The molecule has 3 nitrogen and oxygen atoms in total. The number of halogens is 2. The molecule has 1 atom stereocenters. The Morgan fingerprint density at radius 2 is 1.88 bits per heavy atom. The van der Waals surface area contributed by atoms with Gasteiger partial charge < -0.3 is 10.2 Å². The van der Waals surface area contributed by atoms with Crippen LogP contribution in [0.1, 0.15) is 25.0 Å². The van der Waals surface area contributed by atoms with Crippen molar-refractivity contribution in [3.05, 3.63) is 70.0 Å². The standard InChI is InChI=1S/C20H18BrFN2O/c1-19(2)12-24-16-11-15(21)9-8-13(16)10-17(22)20(24,23-18(19)25)14-6-4-3-5-7-14/h3-11H,12H2,1-2H3,(H,23,25). The van der Waals surface area contributed by atoms with Crippen molar-refractivity contribution in [1.29, 1.82) is 0 Å². The maximum Gasteiger partial charge on any atom is 0.229 e. The predicted molar refractivity (Wildman–Crippen MR) is 101 cm³/mol. The smallest absolute Gasteiger partial charge is 0.229 e. The Labute approximate surface area is 154 Å². The number of carbonyl (C=O) groups excluding carboxylic acids is 1. The lowest BCUT2D eigenvalue weighted by Gasteiger charge is -2.54. The highest BCUT2D eigenvalue weighted by Gasteiger charge is 2.54. The molecule has 2 aliphatic rings. The predicted octanol–water partition coefficient (Wildman–Crippen LogP) is 4.59. The summed E-state index contributed by atoms with van der Waals surface area (Å²) in [6, 6.07) is 15.1. The van der Waals surface area contributed by atoms with Crippen LogP contribution in [0.4, 0.5) is 10.1 Å². The van der Waals surface area contributed by atoms with Crippen LogP contribution in [0.3, 0.4) is 0 Å². The number of benzene rings is 2. The minimum atomic E-state index is -1.30. The maximum atomic E-state index is 15.5. The van der Waals surface area contributed by atoms with E-state index in [1.807, 2.05) is 67.3 Å². The summed E-state index contributed by atoms with van der Waals surface area (Å²) >= 11 is 3.51. The van der Waals surface area contributed by atoms with Crippen LogP contribution in [0.25, 0.3) is 6.08 Å². The summed E-state index contributed by atoms with van der Waals surface area (Å²) in [5.74, 6) is -0.535. The number of fused-ring (bicyclic) bond motifs is 3. The second-order valence-electron chi connectivity index (χ2n) is 7.20. The summed E-state index contributed by atoms with van der Waals surface area (Å²) in [5.41, 5.74) is 0.474. The van der Waals surface area contributed by atoms with Crippen LogP contribution in [0.5, 0.6) is 0 Å². The Bertz CT molecular complexity index is 894. The topological polar surface area (TPSA) is 32.3 Å². The fourth-order valence-electron chi connectivity index (χ4n) is 3.60. The molecule has 0 radical (unpaired) electrons. The van der Waals surface area contributed by atoms with Crippen molar-refractivity contribution >= 4 is 33.6 Å². The van der Waals surface area contributed by atoms with Crippen molar-refractivity contribution in [1.82, 2.24) is 5.32 Å². The zero-order chi connectivity index (χ0) is 17.8. The number of anilines is 1. The molecule has 1 amide bonds. The monoisotopic (exact) mass is 400 g/mol. The number of rotatable bonds is 1. The molecule has 2 heterocycles. The summed E-state index contributed by atoms with van der Waals surface area (Å²) in [6.45, 7) is 4.18. The minimum absolute atomic E-state index is 0.158. The molecule has 0 aromatic heterocycles. The molecule has 0 spiro atoms. The molecule has 4 rings (SSSR count). The van der Waals surface area contributed by atoms with E-state index in [0.29, 0.717) is 12.1 Å². The minimum Gasteiger partial charge on any atom is -0.338 e. The molecule has 5 heteroatoms. The van der Waals surface area contributed by atoms with Gasteiger partial charge in [0, 0.05) is 27.8 Å². The Morgan fingerprint density at radius 1 is 1.16 bits per heavy atom. The van der Waals surface area contributed by atoms with Gasteiger partial charge in [0.05, 0.1) is 5.41 Å². The highest BCUT2D eigenvalue weighted by atomic mass is 79.9. The molecule has 0 aliphatic carbocycles. The summed E-state index contributed by atoms with van der Waals surface area (Å²) in [5, 5.41) is 2.98. The summed E-state index contributed by atoms with van der Waals surface area (Å²) in [6.07, 6.45) is 1.52. The van der Waals surface area contributed by atoms with Gasteiger partial charge in [-0.2, -0.15) is 0 Å². The molecular formula is C20H18BrFN2O. The number of nitrogens with zero attached hydrogens (tertiary/aromatic N) is 1. The largest absolute Gasteiger partial charge is 0.338 e. The van der Waals surface area contributed by atoms with Crippen LogP contribution in [0.2, 0.25) is 0 Å². The quantitative estimate of drug-likeness (QED) is 0.758. The first-order valence-electron chi connectivity index (χ1n) is 8.18. The molecule has 2 aromatic rings. The third kappa shape index (κ3) is 2.33. The van der Waals surface area contributed by atoms with Crippen LogP contribution < -0.4 is 10.2 Å². The third-order valence-corrected chi connectivity index (χ3v) is 5.46. The number of amides is 1. The molecule has 2 aliphatic heterocycles. The summed E-state index contributed by atoms with van der Waals surface area (Å²) in [7, 11) is 0. The number of carbonyl (C=O) groups is 1. The van der Waals surface area contributed by atoms with Gasteiger partial charge in [-0.1, -0.05) is 52.3 Å². The first kappa shape index (κ1) is 16.3. The van der Waals surface area contributed by atoms with Crippen molar-refractivity contribution in [2.24, 2.45) is 5.41 Å². The van der Waals surface area contributed by atoms with E-state index >= 15 is 4.39 Å². The van der Waals surface area contributed by atoms with E-state index in [1.54, 1.807) is 0 Å². The zero-order valence-electron chi connectivity index (χ0n) is 14.0. The normalized spacial score (nSPS) is 24.1. The molecule has 1 N–H and O–H groups in total. The van der Waals surface area contributed by atoms with E-state index in [1.165, 1.54) is 6.08 Å². The molecular weight excluding hydrogens is 383 g/mol. The summed E-state index contributed by atoms with van der Waals surface area (Å²) in [4.78, 5) is 14.7. The van der Waals surface area contributed by atoms with Gasteiger partial charge in [-0.3, -0.25) is 4.79 Å². The van der Waals surface area contributed by atoms with Gasteiger partial charge in [-0.25, -0.2) is 4.39 Å². The SMILES string of the molecule is CC1(C)CN2c3cc(Br)ccc3C=C(F)C2(c2ccccc2)NC1=O. The average Bonchev–Trinajstić information content (AvgIpc) is 2.58. The Hall–Kier alpha value is -2.14. The Morgan fingerprint density at radius 3 is 2.60 bits per heavy atom. The van der Waals surface area contributed by atoms with Crippen molar-refractivity contribution < 1.29 is 9.18 Å². The van der Waals surface area contributed by atoms with Crippen LogP contribution >= 0.6 is 15.9 Å². The van der Waals surface area contributed by atoms with Crippen LogP contribution in [-0.4, -0.2) is 12.5 Å². The van der Waals surface area contributed by atoms with Crippen LogP contribution in [-0.2, 0) is 10.5 Å². The highest BCUT2D eigenvalue weighted by molar-refractivity contribution is 9.10. The molecule has 128 valence electrons. The lowest BCUT2D eigenvalue weighted by Crippen LogP contribution is -2.69. The fraction of sp³-hybridized carbons (Fsp3) is 0.250. The molecule has 25 heavy (non-hydrogen) atoms. The zero-order valence-corrected chi connectivity index (χ0v) is 15.6. The van der Waals surface area contributed by atoms with Crippen LogP contribution in [0, 0.1) is 5.41 Å². The molecule has 0 saturated carbocycles. The van der Waals surface area contributed by atoms with Gasteiger partial charge in [0.2, 0.25) is 5.91 Å². The number of nitrogens with one attached hydrogen (secondary N) is 1. The van der Waals surface area contributed by atoms with Crippen molar-refractivity contribution in [3.8, 4) is 0 Å². The number of hydrogen-bond donors (Lipinski definition) is 1. The number of hydrogen-bond acceptors (Lipinski definition) is 2. The van der Waals surface area contributed by atoms with E-state index in [-0.39, 0.29) is 11.7 Å². The van der Waals surface area contributed by atoms with Crippen molar-refractivity contribution in [2.45, 2.75) is 19.5 Å². The lowest BCUT2D eigenvalue weighted by molar-refractivity contribution is -0.133. The fourth-order valence-corrected chi connectivity index (χ4v) is 3.95. The molecule has 2 aromatic carbocycles. The van der Waals surface area contributed by atoms with Gasteiger partial charge >= 0.3 is 0 Å². The van der Waals surface area contributed by atoms with E-state index in [0.717, 1.165) is 15.7 Å². The van der Waals surface area contributed by atoms with Gasteiger partial charge in [-0.15, -0.1) is 0 Å². The average molecular weight is 401 g/mol. The molecule has 1 unspecified atom stereocenters. The third-order valence-electron chi connectivity index (χ3n) is 4.97. The van der Waals surface area contributed by atoms with E-state index in [2.05, 4.69) is 21.2 Å². The second-order valence-corrected chi connectivity index (χ2v) is 8.11. The first-order chi connectivity index (χ1) is 11.8. The van der Waals surface area contributed by atoms with Gasteiger partial charge in [0.1, 0.15) is 0 Å². The van der Waals surface area contributed by atoms with Gasteiger partial charge in [0.15, 0.2) is 11.5 Å². The molecule has 1 fully saturated rings. The van der Waals surface area contributed by atoms with Gasteiger partial charge in [0.25, 0.3) is 0 Å². The van der Waals surface area contributed by atoms with E-state index < -0.39 is 11.1 Å². The summed E-state index contributed by atoms with van der Waals surface area (Å²) < 4.78 is 16.4. The van der Waals surface area contributed by atoms with Crippen molar-refractivity contribution in [2.75, 3.05) is 11.4 Å². The molecule has 1 saturated heterocycles. The van der Waals surface area contributed by atoms with Gasteiger partial charge in [-0.05, 0) is 32.1 Å².